The molecule has 0 aliphatic rings. The van der Waals surface area contributed by atoms with Crippen molar-refractivity contribution in [1.82, 2.24) is 5.32 Å². The van der Waals surface area contributed by atoms with E-state index in [2.05, 4.69) is 11.9 Å². The zero-order chi connectivity index (χ0) is 16.4. The maximum Gasteiger partial charge on any atom is 0.408 e. The van der Waals surface area contributed by atoms with Gasteiger partial charge in [0.2, 0.25) is 0 Å². The number of rotatable bonds is 8. The van der Waals surface area contributed by atoms with Gasteiger partial charge >= 0.3 is 12.1 Å². The van der Waals surface area contributed by atoms with Crippen molar-refractivity contribution >= 4 is 12.1 Å². The van der Waals surface area contributed by atoms with Crippen molar-refractivity contribution in [2.24, 2.45) is 0 Å². The summed E-state index contributed by atoms with van der Waals surface area (Å²) < 4.78 is 10.1. The van der Waals surface area contributed by atoms with Crippen LogP contribution in [0.15, 0.2) is 42.7 Å². The molecule has 1 N–H and O–H groups in total. The van der Waals surface area contributed by atoms with E-state index in [-0.39, 0.29) is 6.61 Å². The summed E-state index contributed by atoms with van der Waals surface area (Å²) in [5, 5.41) is 2.43. The van der Waals surface area contributed by atoms with Crippen LogP contribution in [0, 0.1) is 0 Å². The van der Waals surface area contributed by atoms with Crippen molar-refractivity contribution < 1.29 is 19.1 Å². The molecule has 5 heteroatoms. The van der Waals surface area contributed by atoms with Crippen LogP contribution in [0.1, 0.15) is 38.7 Å². The zero-order valence-corrected chi connectivity index (χ0v) is 13.1. The lowest BCUT2D eigenvalue weighted by Gasteiger charge is -2.14. The molecule has 120 valence electrons. The number of ether oxygens (including phenoxy) is 2. The first-order valence-electron chi connectivity index (χ1n) is 7.39. The van der Waals surface area contributed by atoms with E-state index in [9.17, 15) is 9.59 Å². The van der Waals surface area contributed by atoms with E-state index in [4.69, 9.17) is 9.47 Å². The first-order valence-corrected chi connectivity index (χ1v) is 7.39. The molecule has 1 aromatic rings. The lowest BCUT2D eigenvalue weighted by Crippen LogP contribution is -2.39. The van der Waals surface area contributed by atoms with E-state index >= 15 is 0 Å². The highest BCUT2D eigenvalue weighted by Gasteiger charge is 2.18. The molecule has 1 atom stereocenters. The van der Waals surface area contributed by atoms with Crippen molar-refractivity contribution in [3.05, 3.63) is 48.2 Å². The first-order chi connectivity index (χ1) is 10.5. The number of hydrogen-bond acceptors (Lipinski definition) is 4. The average Bonchev–Trinajstić information content (AvgIpc) is 2.51. The third kappa shape index (κ3) is 6.92. The summed E-state index contributed by atoms with van der Waals surface area (Å²) in [6, 6.07) is 8.51. The van der Waals surface area contributed by atoms with Crippen LogP contribution >= 0.6 is 0 Å². The van der Waals surface area contributed by atoms with Crippen LogP contribution in [0.5, 0.6) is 0 Å². The summed E-state index contributed by atoms with van der Waals surface area (Å²) in [6.45, 7) is 7.42. The number of carbonyl (C=O) groups is 2. The number of carbonyl (C=O) groups excluding carboxylic acids is 2. The highest BCUT2D eigenvalue weighted by molar-refractivity contribution is 5.81. The van der Waals surface area contributed by atoms with Gasteiger partial charge in [-0.3, -0.25) is 0 Å². The first kappa shape index (κ1) is 17.8. The van der Waals surface area contributed by atoms with Crippen LogP contribution < -0.4 is 5.32 Å². The molecule has 0 saturated carbocycles. The van der Waals surface area contributed by atoms with Gasteiger partial charge in [-0.2, -0.15) is 0 Å². The molecule has 1 rings (SSSR count). The third-order valence-electron chi connectivity index (χ3n) is 2.95. The monoisotopic (exact) mass is 305 g/mol. The largest absolute Gasteiger partial charge is 0.445 e. The predicted octanol–water partition coefficient (Wildman–Crippen LogP) is 3.55. The summed E-state index contributed by atoms with van der Waals surface area (Å²) in [7, 11) is 0. The van der Waals surface area contributed by atoms with E-state index in [1.165, 1.54) is 0 Å². The second-order valence-corrected chi connectivity index (χ2v) is 4.99. The Bertz CT molecular complexity index is 499. The van der Waals surface area contributed by atoms with Gasteiger partial charge in [-0.25, -0.2) is 9.59 Å². The van der Waals surface area contributed by atoms with Crippen LogP contribution in [-0.2, 0) is 20.9 Å². The van der Waals surface area contributed by atoms with Crippen LogP contribution in [-0.4, -0.2) is 18.1 Å². The molecular formula is C17H23NO4. The van der Waals surface area contributed by atoms with Crippen molar-refractivity contribution in [2.45, 2.75) is 45.8 Å². The smallest absolute Gasteiger partial charge is 0.408 e. The number of nitrogens with one attached hydrogen (secondary N) is 1. The van der Waals surface area contributed by atoms with E-state index in [1.54, 1.807) is 6.92 Å². The molecular weight excluding hydrogens is 282 g/mol. The van der Waals surface area contributed by atoms with Gasteiger partial charge in [0, 0.05) is 6.42 Å². The van der Waals surface area contributed by atoms with Gasteiger partial charge < -0.3 is 14.8 Å². The molecule has 0 radical (unpaired) electrons. The lowest BCUT2D eigenvalue weighted by atomic mass is 10.2. The number of amides is 1. The van der Waals surface area contributed by atoms with Gasteiger partial charge in [0.15, 0.2) is 0 Å². The Morgan fingerprint density at radius 1 is 1.27 bits per heavy atom. The van der Waals surface area contributed by atoms with Crippen LogP contribution in [0.4, 0.5) is 4.79 Å². The Kier molecular flexibility index (Phi) is 7.75. The van der Waals surface area contributed by atoms with Gasteiger partial charge in [0.05, 0.1) is 0 Å². The summed E-state index contributed by atoms with van der Waals surface area (Å²) in [6.07, 6.45) is 1.88. The fourth-order valence-corrected chi connectivity index (χ4v) is 1.66. The number of esters is 1. The Balaban J connectivity index is 2.30. The van der Waals surface area contributed by atoms with Gasteiger partial charge in [-0.15, -0.1) is 0 Å². The van der Waals surface area contributed by atoms with Crippen molar-refractivity contribution in [3.8, 4) is 0 Å². The molecule has 0 aromatic heterocycles. The summed E-state index contributed by atoms with van der Waals surface area (Å²) in [5.41, 5.74) is 0.876. The van der Waals surface area contributed by atoms with Crippen molar-refractivity contribution in [1.29, 1.82) is 0 Å². The minimum atomic E-state index is -0.790. The number of hydrogen-bond donors (Lipinski definition) is 1. The Labute approximate surface area is 131 Å². The van der Waals surface area contributed by atoms with Crippen molar-refractivity contribution in [2.75, 3.05) is 0 Å². The fourth-order valence-electron chi connectivity index (χ4n) is 1.66. The maximum absolute atomic E-state index is 11.8. The van der Waals surface area contributed by atoms with E-state index in [1.807, 2.05) is 37.3 Å². The van der Waals surface area contributed by atoms with Crippen LogP contribution in [0.25, 0.3) is 0 Å². The zero-order valence-electron chi connectivity index (χ0n) is 13.1. The molecule has 0 fully saturated rings. The fraction of sp³-hybridized carbons (Fsp3) is 0.412. The minimum absolute atomic E-state index is 0.150. The Morgan fingerprint density at radius 3 is 2.59 bits per heavy atom. The second kappa shape index (κ2) is 9.60. The van der Waals surface area contributed by atoms with E-state index < -0.39 is 18.1 Å². The number of alkyl carbamates (subject to hydrolysis) is 1. The molecule has 1 aromatic carbocycles. The Morgan fingerprint density at radius 2 is 1.95 bits per heavy atom. The predicted molar refractivity (Wildman–Crippen MR) is 84.0 cm³/mol. The highest BCUT2D eigenvalue weighted by atomic mass is 16.6. The molecule has 1 amide bonds. The minimum Gasteiger partial charge on any atom is -0.445 e. The van der Waals surface area contributed by atoms with E-state index in [0.717, 1.165) is 18.4 Å². The number of benzene rings is 1. The Hall–Kier alpha value is -2.30. The molecule has 0 saturated heterocycles. The molecule has 5 nitrogen and oxygen atoms in total. The highest BCUT2D eigenvalue weighted by Crippen LogP contribution is 2.08. The topological polar surface area (TPSA) is 64.6 Å². The molecule has 0 aliphatic heterocycles. The molecule has 22 heavy (non-hydrogen) atoms. The number of unbranched alkanes of at least 4 members (excludes halogenated alkanes) is 1. The molecule has 0 bridgehead atoms. The van der Waals surface area contributed by atoms with E-state index in [0.29, 0.717) is 12.2 Å². The standard InChI is InChI=1S/C17H23NO4/c1-4-5-9-13(2)22-16(19)14(3)18-17(20)21-12-15-10-7-6-8-11-15/h6-8,10-11,14H,2,4-5,9,12H2,1,3H3,(H,18,20)/t14-/m0/s1. The second-order valence-electron chi connectivity index (χ2n) is 4.99. The lowest BCUT2D eigenvalue weighted by molar-refractivity contribution is -0.141. The van der Waals surface area contributed by atoms with Gasteiger partial charge in [0.25, 0.3) is 0 Å². The van der Waals surface area contributed by atoms with Gasteiger partial charge in [-0.1, -0.05) is 50.3 Å². The van der Waals surface area contributed by atoms with Gasteiger partial charge in [-0.05, 0) is 18.9 Å². The molecule has 0 heterocycles. The van der Waals surface area contributed by atoms with Gasteiger partial charge in [0.1, 0.15) is 18.4 Å². The normalized spacial score (nSPS) is 11.4. The third-order valence-corrected chi connectivity index (χ3v) is 2.95. The summed E-state index contributed by atoms with van der Waals surface area (Å²) in [4.78, 5) is 23.4. The van der Waals surface area contributed by atoms with Crippen molar-refractivity contribution in [3.63, 3.8) is 0 Å². The molecule has 0 unspecified atom stereocenters. The van der Waals surface area contributed by atoms with Crippen LogP contribution in [0.2, 0.25) is 0 Å². The quantitative estimate of drug-likeness (QED) is 0.589. The molecule has 0 spiro atoms. The SMILES string of the molecule is C=C(CCCC)OC(=O)[C@H](C)NC(=O)OCc1ccccc1. The number of allylic oxidation sites excluding steroid dienone is 1. The summed E-state index contributed by atoms with van der Waals surface area (Å²) >= 11 is 0. The van der Waals surface area contributed by atoms with Crippen LogP contribution in [0.3, 0.4) is 0 Å². The maximum atomic E-state index is 11.8. The molecule has 0 aliphatic carbocycles. The summed E-state index contributed by atoms with van der Waals surface area (Å²) in [5.74, 6) is -0.129. The average molecular weight is 305 g/mol.